The van der Waals surface area contributed by atoms with Crippen LogP contribution in [-0.2, 0) is 9.53 Å². The fourth-order valence-corrected chi connectivity index (χ4v) is 4.86. The van der Waals surface area contributed by atoms with Gasteiger partial charge in [-0.15, -0.1) is 6.58 Å². The summed E-state index contributed by atoms with van der Waals surface area (Å²) in [5, 5.41) is 18.5. The van der Waals surface area contributed by atoms with Gasteiger partial charge in [-0.25, -0.2) is 4.79 Å². The number of carboxylic acid groups (broad SMARTS) is 1. The van der Waals surface area contributed by atoms with E-state index >= 15 is 0 Å². The summed E-state index contributed by atoms with van der Waals surface area (Å²) >= 11 is 0. The van der Waals surface area contributed by atoms with Gasteiger partial charge in [-0.3, -0.25) is 20.0 Å². The molecule has 1 fully saturated rings. The van der Waals surface area contributed by atoms with Gasteiger partial charge in [0, 0.05) is 25.1 Å². The number of amides is 2. The molecule has 9 heteroatoms. The Morgan fingerprint density at radius 3 is 2.37 bits per heavy atom. The molecule has 178 valence electrons. The van der Waals surface area contributed by atoms with Crippen molar-refractivity contribution in [3.63, 3.8) is 0 Å². The van der Waals surface area contributed by atoms with Gasteiger partial charge in [0.1, 0.15) is 17.7 Å². The molecule has 3 N–H and O–H groups in total. The highest BCUT2D eigenvalue weighted by Gasteiger charge is 2.50. The Morgan fingerprint density at radius 2 is 1.77 bits per heavy atom. The van der Waals surface area contributed by atoms with Crippen molar-refractivity contribution in [1.82, 2.24) is 15.1 Å². The molecule has 5 rings (SSSR count). The molecule has 35 heavy (non-hydrogen) atoms. The largest absolute Gasteiger partial charge is 0.481 e. The van der Waals surface area contributed by atoms with E-state index in [0.29, 0.717) is 0 Å². The highest BCUT2D eigenvalue weighted by Crippen LogP contribution is 2.44. The van der Waals surface area contributed by atoms with Crippen molar-refractivity contribution in [1.29, 1.82) is 0 Å². The average Bonchev–Trinajstić information content (AvgIpc) is 3.42. The standard InChI is InChI=1S/C26H24N4O5/c1-2-11-26(24(32)33)14-30(15-26)23(31)21-12-22(29-28-21)27-25(34)35-13-20-18-9-5-3-7-16(18)17-8-4-6-10-19(17)20/h2-10,12,20H,1,11,13-15H2,(H,32,33)(H2,27,28,29,34). The number of aliphatic carboxylic acids is 1. The van der Waals surface area contributed by atoms with Crippen LogP contribution in [0, 0.1) is 5.41 Å². The lowest BCUT2D eigenvalue weighted by atomic mass is 9.76. The summed E-state index contributed by atoms with van der Waals surface area (Å²) in [5.74, 6) is -1.27. The number of aromatic amines is 1. The van der Waals surface area contributed by atoms with Gasteiger partial charge in [-0.05, 0) is 28.7 Å². The van der Waals surface area contributed by atoms with Crippen molar-refractivity contribution in [2.75, 3.05) is 25.0 Å². The summed E-state index contributed by atoms with van der Waals surface area (Å²) < 4.78 is 5.50. The molecule has 0 unspecified atom stereocenters. The Labute approximate surface area is 201 Å². The van der Waals surface area contributed by atoms with E-state index in [1.807, 2.05) is 36.4 Å². The molecule has 1 aromatic heterocycles. The number of fused-ring (bicyclic) bond motifs is 3. The van der Waals surface area contributed by atoms with Gasteiger partial charge in [-0.2, -0.15) is 5.10 Å². The van der Waals surface area contributed by atoms with E-state index in [9.17, 15) is 19.5 Å². The quantitative estimate of drug-likeness (QED) is 0.449. The number of H-pyrrole nitrogens is 1. The van der Waals surface area contributed by atoms with E-state index in [2.05, 4.69) is 34.2 Å². The van der Waals surface area contributed by atoms with Gasteiger partial charge in [0.15, 0.2) is 5.82 Å². The predicted molar refractivity (Wildman–Crippen MR) is 128 cm³/mol. The van der Waals surface area contributed by atoms with E-state index in [1.54, 1.807) is 6.08 Å². The second-order valence-corrected chi connectivity index (χ2v) is 8.86. The molecule has 2 heterocycles. The molecule has 0 radical (unpaired) electrons. The molecule has 0 saturated carbocycles. The SMILES string of the molecule is C=CCC1(C(=O)O)CN(C(=O)c2cc(NC(=O)OCC3c4ccccc4-c4ccccc43)n[nH]2)C1. The number of nitrogens with one attached hydrogen (secondary N) is 2. The summed E-state index contributed by atoms with van der Waals surface area (Å²) in [5.41, 5.74) is 3.64. The zero-order valence-electron chi connectivity index (χ0n) is 18.9. The molecule has 1 aliphatic heterocycles. The third kappa shape index (κ3) is 3.95. The number of likely N-dealkylation sites (tertiary alicyclic amines) is 1. The van der Waals surface area contributed by atoms with Crippen molar-refractivity contribution >= 4 is 23.8 Å². The highest BCUT2D eigenvalue weighted by atomic mass is 16.5. The van der Waals surface area contributed by atoms with Crippen LogP contribution in [-0.4, -0.2) is 57.9 Å². The minimum absolute atomic E-state index is 0.0686. The number of carbonyl (C=O) groups is 3. The average molecular weight is 473 g/mol. The van der Waals surface area contributed by atoms with Crippen LogP contribution in [0.15, 0.2) is 67.3 Å². The highest BCUT2D eigenvalue weighted by molar-refractivity contribution is 5.96. The zero-order chi connectivity index (χ0) is 24.6. The number of carbonyl (C=O) groups excluding carboxylic acids is 2. The monoisotopic (exact) mass is 472 g/mol. The number of ether oxygens (including phenoxy) is 1. The van der Waals surface area contributed by atoms with Gasteiger partial charge in [-0.1, -0.05) is 54.6 Å². The Kier molecular flexibility index (Phi) is 5.60. The topological polar surface area (TPSA) is 125 Å². The maximum absolute atomic E-state index is 12.7. The first-order valence-electron chi connectivity index (χ1n) is 11.2. The van der Waals surface area contributed by atoms with Gasteiger partial charge in [0.25, 0.3) is 5.91 Å². The van der Waals surface area contributed by atoms with Crippen LogP contribution in [0.3, 0.4) is 0 Å². The van der Waals surface area contributed by atoms with E-state index in [4.69, 9.17) is 4.74 Å². The van der Waals surface area contributed by atoms with Gasteiger partial charge in [0.2, 0.25) is 0 Å². The zero-order valence-corrected chi connectivity index (χ0v) is 18.9. The van der Waals surface area contributed by atoms with Crippen molar-refractivity contribution in [3.8, 4) is 11.1 Å². The van der Waals surface area contributed by atoms with E-state index in [-0.39, 0.29) is 49.5 Å². The first-order chi connectivity index (χ1) is 16.9. The lowest BCUT2D eigenvalue weighted by Crippen LogP contribution is -2.62. The predicted octanol–water partition coefficient (Wildman–Crippen LogP) is 3.87. The van der Waals surface area contributed by atoms with E-state index in [1.165, 1.54) is 11.0 Å². The molecular formula is C26H24N4O5. The van der Waals surface area contributed by atoms with Crippen LogP contribution in [0.25, 0.3) is 11.1 Å². The summed E-state index contributed by atoms with van der Waals surface area (Å²) in [6.07, 6.45) is 1.14. The Hall–Kier alpha value is -4.40. The number of rotatable bonds is 7. The van der Waals surface area contributed by atoms with Crippen molar-refractivity contribution in [2.45, 2.75) is 12.3 Å². The molecule has 0 atom stereocenters. The summed E-state index contributed by atoms with van der Waals surface area (Å²) in [6.45, 7) is 3.92. The molecule has 1 saturated heterocycles. The minimum Gasteiger partial charge on any atom is -0.481 e. The Balaban J connectivity index is 1.19. The number of anilines is 1. The second-order valence-electron chi connectivity index (χ2n) is 8.86. The van der Waals surface area contributed by atoms with Crippen LogP contribution in [0.4, 0.5) is 10.6 Å². The molecule has 1 aliphatic carbocycles. The molecule has 9 nitrogen and oxygen atoms in total. The molecule has 3 aromatic rings. The van der Waals surface area contributed by atoms with Crippen LogP contribution in [0.5, 0.6) is 0 Å². The minimum atomic E-state index is -1.00. The van der Waals surface area contributed by atoms with Crippen molar-refractivity contribution < 1.29 is 24.2 Å². The molecule has 0 bridgehead atoms. The summed E-state index contributed by atoms with van der Waals surface area (Å²) in [7, 11) is 0. The van der Waals surface area contributed by atoms with E-state index < -0.39 is 17.5 Å². The smallest absolute Gasteiger partial charge is 0.412 e. The van der Waals surface area contributed by atoms with Gasteiger partial charge in [0.05, 0.1) is 0 Å². The normalized spacial score (nSPS) is 15.5. The fourth-order valence-electron chi connectivity index (χ4n) is 4.86. The third-order valence-corrected chi connectivity index (χ3v) is 6.65. The Morgan fingerprint density at radius 1 is 1.14 bits per heavy atom. The second kappa shape index (κ2) is 8.75. The first-order valence-corrected chi connectivity index (χ1v) is 11.2. The van der Waals surface area contributed by atoms with Crippen LogP contribution in [0.2, 0.25) is 0 Å². The lowest BCUT2D eigenvalue weighted by Gasteiger charge is -2.46. The first kappa shape index (κ1) is 22.4. The van der Waals surface area contributed by atoms with Crippen molar-refractivity contribution in [2.24, 2.45) is 5.41 Å². The van der Waals surface area contributed by atoms with Crippen LogP contribution < -0.4 is 5.32 Å². The summed E-state index contributed by atoms with van der Waals surface area (Å²) in [6, 6.07) is 17.5. The number of allylic oxidation sites excluding steroid dienone is 1. The Bertz CT molecular complexity index is 1280. The van der Waals surface area contributed by atoms with Crippen LogP contribution >= 0.6 is 0 Å². The molecule has 2 amide bonds. The molecule has 2 aliphatic rings. The van der Waals surface area contributed by atoms with Crippen LogP contribution in [0.1, 0.15) is 34.0 Å². The third-order valence-electron chi connectivity index (χ3n) is 6.65. The van der Waals surface area contributed by atoms with Gasteiger partial charge < -0.3 is 14.7 Å². The molecule has 0 spiro atoms. The number of benzene rings is 2. The lowest BCUT2D eigenvalue weighted by molar-refractivity contribution is -0.157. The fraction of sp³-hybridized carbons (Fsp3) is 0.231. The maximum Gasteiger partial charge on any atom is 0.412 e. The maximum atomic E-state index is 12.7. The number of aromatic nitrogens is 2. The molecule has 2 aromatic carbocycles. The van der Waals surface area contributed by atoms with Crippen molar-refractivity contribution in [3.05, 3.63) is 84.1 Å². The number of hydrogen-bond acceptors (Lipinski definition) is 5. The number of hydrogen-bond donors (Lipinski definition) is 3. The number of nitrogens with zero attached hydrogens (tertiary/aromatic N) is 2. The number of carboxylic acids is 1. The molecular weight excluding hydrogens is 448 g/mol. The van der Waals surface area contributed by atoms with Gasteiger partial charge >= 0.3 is 12.1 Å². The van der Waals surface area contributed by atoms with E-state index in [0.717, 1.165) is 22.3 Å². The summed E-state index contributed by atoms with van der Waals surface area (Å²) in [4.78, 5) is 38.1.